The standard InChI is InChI=1S/C12H18BrNS/c1-2-14-11(9-5-3-4-6-9)12-10(13)7-8-15-12/h7-9,11,14H,2-6H2,1H3. The van der Waals surface area contributed by atoms with Crippen LogP contribution >= 0.6 is 27.3 Å². The second-order valence-electron chi connectivity index (χ2n) is 4.21. The number of rotatable bonds is 4. The van der Waals surface area contributed by atoms with Crippen LogP contribution in [0.25, 0.3) is 0 Å². The summed E-state index contributed by atoms with van der Waals surface area (Å²) >= 11 is 5.53. The molecule has 1 heterocycles. The van der Waals surface area contributed by atoms with Gasteiger partial charge in [0.1, 0.15) is 0 Å². The van der Waals surface area contributed by atoms with E-state index < -0.39 is 0 Å². The number of hydrogen-bond acceptors (Lipinski definition) is 2. The summed E-state index contributed by atoms with van der Waals surface area (Å²) in [5.74, 6) is 0.847. The Bertz CT molecular complexity index is 304. The Morgan fingerprint density at radius 3 is 2.80 bits per heavy atom. The molecule has 0 saturated heterocycles. The average Bonchev–Trinajstić information content (AvgIpc) is 2.85. The van der Waals surface area contributed by atoms with E-state index in [-0.39, 0.29) is 0 Å². The third-order valence-electron chi connectivity index (χ3n) is 3.22. The van der Waals surface area contributed by atoms with Crippen molar-refractivity contribution in [1.29, 1.82) is 0 Å². The normalized spacial score (nSPS) is 19.6. The van der Waals surface area contributed by atoms with E-state index in [1.165, 1.54) is 35.0 Å². The summed E-state index contributed by atoms with van der Waals surface area (Å²) in [5, 5.41) is 5.83. The lowest BCUT2D eigenvalue weighted by Crippen LogP contribution is -2.26. The molecule has 0 radical (unpaired) electrons. The summed E-state index contributed by atoms with van der Waals surface area (Å²) in [5.41, 5.74) is 0. The Balaban J connectivity index is 2.15. The minimum Gasteiger partial charge on any atom is -0.309 e. The highest BCUT2D eigenvalue weighted by atomic mass is 79.9. The van der Waals surface area contributed by atoms with E-state index >= 15 is 0 Å². The molecule has 1 aliphatic rings. The van der Waals surface area contributed by atoms with Gasteiger partial charge in [-0.15, -0.1) is 11.3 Å². The maximum atomic E-state index is 3.65. The minimum absolute atomic E-state index is 0.576. The van der Waals surface area contributed by atoms with E-state index in [2.05, 4.69) is 39.6 Å². The lowest BCUT2D eigenvalue weighted by molar-refractivity contribution is 0.378. The van der Waals surface area contributed by atoms with Crippen LogP contribution in [0.5, 0.6) is 0 Å². The van der Waals surface area contributed by atoms with Crippen molar-refractivity contribution in [3.8, 4) is 0 Å². The van der Waals surface area contributed by atoms with Gasteiger partial charge in [-0.25, -0.2) is 0 Å². The van der Waals surface area contributed by atoms with Crippen molar-refractivity contribution in [2.45, 2.75) is 38.6 Å². The molecule has 0 aliphatic heterocycles. The molecule has 1 aliphatic carbocycles. The predicted octanol–water partition coefficient (Wildman–Crippen LogP) is 4.35. The first-order valence-electron chi connectivity index (χ1n) is 5.79. The zero-order chi connectivity index (χ0) is 10.7. The van der Waals surface area contributed by atoms with Crippen LogP contribution in [-0.2, 0) is 0 Å². The zero-order valence-corrected chi connectivity index (χ0v) is 11.5. The largest absolute Gasteiger partial charge is 0.309 e. The second kappa shape index (κ2) is 5.46. The van der Waals surface area contributed by atoms with Gasteiger partial charge in [0.15, 0.2) is 0 Å². The quantitative estimate of drug-likeness (QED) is 0.868. The van der Waals surface area contributed by atoms with Gasteiger partial charge in [-0.1, -0.05) is 19.8 Å². The molecular weight excluding hydrogens is 270 g/mol. The van der Waals surface area contributed by atoms with Crippen molar-refractivity contribution in [2.24, 2.45) is 5.92 Å². The number of thiophene rings is 1. The summed E-state index contributed by atoms with van der Waals surface area (Å²) in [6.45, 7) is 3.26. The van der Waals surface area contributed by atoms with Gasteiger partial charge in [0.2, 0.25) is 0 Å². The molecule has 0 bridgehead atoms. The molecule has 0 spiro atoms. The van der Waals surface area contributed by atoms with E-state index in [9.17, 15) is 0 Å². The van der Waals surface area contributed by atoms with Crippen LogP contribution in [0.3, 0.4) is 0 Å². The topological polar surface area (TPSA) is 12.0 Å². The van der Waals surface area contributed by atoms with Crippen LogP contribution in [0.4, 0.5) is 0 Å². The molecule has 0 amide bonds. The zero-order valence-electron chi connectivity index (χ0n) is 9.13. The third-order valence-corrected chi connectivity index (χ3v) is 5.18. The summed E-state index contributed by atoms with van der Waals surface area (Å²) in [4.78, 5) is 1.49. The number of halogens is 1. The number of hydrogen-bond donors (Lipinski definition) is 1. The molecule has 1 unspecified atom stereocenters. The first-order chi connectivity index (χ1) is 7.33. The Kier molecular flexibility index (Phi) is 4.23. The highest BCUT2D eigenvalue weighted by Crippen LogP contribution is 2.40. The molecule has 1 aromatic heterocycles. The highest BCUT2D eigenvalue weighted by Gasteiger charge is 2.27. The van der Waals surface area contributed by atoms with Crippen LogP contribution < -0.4 is 5.32 Å². The van der Waals surface area contributed by atoms with Gasteiger partial charge in [0, 0.05) is 15.4 Å². The van der Waals surface area contributed by atoms with Gasteiger partial charge in [-0.2, -0.15) is 0 Å². The lowest BCUT2D eigenvalue weighted by Gasteiger charge is -2.23. The van der Waals surface area contributed by atoms with E-state index in [0.29, 0.717) is 6.04 Å². The van der Waals surface area contributed by atoms with E-state index in [0.717, 1.165) is 12.5 Å². The fourth-order valence-electron chi connectivity index (χ4n) is 2.51. The molecular formula is C12H18BrNS. The smallest absolute Gasteiger partial charge is 0.0454 e. The molecule has 1 nitrogen and oxygen atoms in total. The molecule has 1 aromatic rings. The molecule has 84 valence electrons. The van der Waals surface area contributed by atoms with Gasteiger partial charge in [0.25, 0.3) is 0 Å². The van der Waals surface area contributed by atoms with Gasteiger partial charge >= 0.3 is 0 Å². The van der Waals surface area contributed by atoms with E-state index in [4.69, 9.17) is 0 Å². The monoisotopic (exact) mass is 287 g/mol. The molecule has 1 atom stereocenters. The molecule has 3 heteroatoms. The van der Waals surface area contributed by atoms with E-state index in [1.54, 1.807) is 0 Å². The van der Waals surface area contributed by atoms with E-state index in [1.807, 2.05) is 11.3 Å². The molecule has 15 heavy (non-hydrogen) atoms. The van der Waals surface area contributed by atoms with Gasteiger partial charge in [-0.3, -0.25) is 0 Å². The summed E-state index contributed by atoms with van der Waals surface area (Å²) in [7, 11) is 0. The van der Waals surface area contributed by atoms with Crippen LogP contribution in [0.2, 0.25) is 0 Å². The minimum atomic E-state index is 0.576. The Labute approximate surface area is 104 Å². The van der Waals surface area contributed by atoms with Crippen molar-refractivity contribution in [1.82, 2.24) is 5.32 Å². The van der Waals surface area contributed by atoms with Crippen molar-refractivity contribution >= 4 is 27.3 Å². The van der Waals surface area contributed by atoms with Crippen molar-refractivity contribution in [3.63, 3.8) is 0 Å². The Hall–Kier alpha value is 0.140. The first kappa shape index (κ1) is 11.6. The van der Waals surface area contributed by atoms with Crippen LogP contribution in [0.15, 0.2) is 15.9 Å². The number of nitrogens with one attached hydrogen (secondary N) is 1. The summed E-state index contributed by atoms with van der Waals surface area (Å²) in [6, 6.07) is 2.74. The van der Waals surface area contributed by atoms with Crippen molar-refractivity contribution < 1.29 is 0 Å². The maximum absolute atomic E-state index is 3.65. The van der Waals surface area contributed by atoms with Crippen LogP contribution in [0.1, 0.15) is 43.5 Å². The Morgan fingerprint density at radius 2 is 2.27 bits per heavy atom. The van der Waals surface area contributed by atoms with Gasteiger partial charge in [-0.05, 0) is 52.7 Å². The first-order valence-corrected chi connectivity index (χ1v) is 7.46. The Morgan fingerprint density at radius 1 is 1.53 bits per heavy atom. The van der Waals surface area contributed by atoms with Crippen LogP contribution in [0, 0.1) is 5.92 Å². The molecule has 1 N–H and O–H groups in total. The predicted molar refractivity (Wildman–Crippen MR) is 70.4 cm³/mol. The van der Waals surface area contributed by atoms with Crippen molar-refractivity contribution in [2.75, 3.05) is 6.54 Å². The molecule has 0 aromatic carbocycles. The lowest BCUT2D eigenvalue weighted by atomic mass is 9.97. The fourth-order valence-corrected chi connectivity index (χ4v) is 4.30. The average molecular weight is 288 g/mol. The highest BCUT2D eigenvalue weighted by molar-refractivity contribution is 9.10. The fraction of sp³-hybridized carbons (Fsp3) is 0.667. The van der Waals surface area contributed by atoms with Crippen molar-refractivity contribution in [3.05, 3.63) is 20.8 Å². The van der Waals surface area contributed by atoms with Gasteiger partial charge < -0.3 is 5.32 Å². The molecule has 2 rings (SSSR count). The molecule has 1 saturated carbocycles. The maximum Gasteiger partial charge on any atom is 0.0454 e. The van der Waals surface area contributed by atoms with Gasteiger partial charge in [0.05, 0.1) is 0 Å². The molecule has 1 fully saturated rings. The summed E-state index contributed by atoms with van der Waals surface area (Å²) < 4.78 is 1.28. The van der Waals surface area contributed by atoms with Crippen LogP contribution in [-0.4, -0.2) is 6.54 Å². The third kappa shape index (κ3) is 2.63. The second-order valence-corrected chi connectivity index (χ2v) is 6.01. The SMILES string of the molecule is CCNC(c1sccc1Br)C1CCCC1. The summed E-state index contributed by atoms with van der Waals surface area (Å²) in [6.07, 6.45) is 5.61.